The second kappa shape index (κ2) is 7.63. The molecule has 3 rings (SSSR count). The van der Waals surface area contributed by atoms with Gasteiger partial charge < -0.3 is 9.84 Å². The zero-order valence-corrected chi connectivity index (χ0v) is 16.4. The van der Waals surface area contributed by atoms with Crippen molar-refractivity contribution in [2.75, 3.05) is 13.2 Å². The normalized spacial score (nSPS) is 14.7. The van der Waals surface area contributed by atoms with Crippen molar-refractivity contribution in [2.45, 2.75) is 32.3 Å². The molecule has 0 unspecified atom stereocenters. The molecule has 8 heteroatoms. The number of carbonyl (C=O) groups excluding carboxylic acids is 2. The van der Waals surface area contributed by atoms with E-state index in [0.717, 1.165) is 10.5 Å². The van der Waals surface area contributed by atoms with Crippen molar-refractivity contribution in [3.8, 4) is 5.75 Å². The van der Waals surface area contributed by atoms with Gasteiger partial charge in [0.25, 0.3) is 17.5 Å². The summed E-state index contributed by atoms with van der Waals surface area (Å²) in [5, 5.41) is 21.4. The van der Waals surface area contributed by atoms with E-state index in [9.17, 15) is 24.8 Å². The summed E-state index contributed by atoms with van der Waals surface area (Å²) in [4.78, 5) is 36.2. The largest absolute Gasteiger partial charge is 0.491 e. The van der Waals surface area contributed by atoms with Crippen LogP contribution in [0.4, 0.5) is 5.69 Å². The Hall–Kier alpha value is -3.26. The topological polar surface area (TPSA) is 110 Å². The van der Waals surface area contributed by atoms with Crippen molar-refractivity contribution in [2.24, 2.45) is 0 Å². The smallest absolute Gasteiger partial charge is 0.282 e. The molecule has 1 N–H and O–H groups in total. The van der Waals surface area contributed by atoms with Crippen LogP contribution in [-0.4, -0.2) is 46.0 Å². The Morgan fingerprint density at radius 2 is 1.76 bits per heavy atom. The van der Waals surface area contributed by atoms with Gasteiger partial charge in [-0.3, -0.25) is 24.6 Å². The van der Waals surface area contributed by atoms with Crippen molar-refractivity contribution < 1.29 is 24.4 Å². The van der Waals surface area contributed by atoms with Crippen LogP contribution in [0.3, 0.4) is 0 Å². The number of hydrogen-bond donors (Lipinski definition) is 1. The molecule has 1 aliphatic heterocycles. The molecule has 152 valence electrons. The molecule has 2 aromatic rings. The number of aliphatic hydroxyl groups excluding tert-OH is 1. The van der Waals surface area contributed by atoms with Gasteiger partial charge in [-0.25, -0.2) is 0 Å². The van der Waals surface area contributed by atoms with E-state index in [-0.39, 0.29) is 29.7 Å². The summed E-state index contributed by atoms with van der Waals surface area (Å²) < 4.78 is 5.55. The third-order valence-electron chi connectivity index (χ3n) is 4.73. The number of nitrogens with zero attached hydrogens (tertiary/aromatic N) is 2. The van der Waals surface area contributed by atoms with Crippen molar-refractivity contribution in [1.82, 2.24) is 4.90 Å². The van der Waals surface area contributed by atoms with Crippen molar-refractivity contribution in [3.05, 3.63) is 69.3 Å². The lowest BCUT2D eigenvalue weighted by Gasteiger charge is -2.20. The summed E-state index contributed by atoms with van der Waals surface area (Å²) >= 11 is 0. The average molecular weight is 398 g/mol. The number of fused-ring (bicyclic) bond motifs is 1. The maximum Gasteiger partial charge on any atom is 0.282 e. The highest BCUT2D eigenvalue weighted by Crippen LogP contribution is 2.31. The molecule has 1 heterocycles. The molecule has 0 bridgehead atoms. The Bertz CT molecular complexity index is 962. The lowest BCUT2D eigenvalue weighted by atomic mass is 9.87. The van der Waals surface area contributed by atoms with E-state index in [0.29, 0.717) is 5.75 Å². The van der Waals surface area contributed by atoms with Gasteiger partial charge in [-0.2, -0.15) is 0 Å². The fourth-order valence-corrected chi connectivity index (χ4v) is 3.14. The highest BCUT2D eigenvalue weighted by molar-refractivity contribution is 6.23. The van der Waals surface area contributed by atoms with Crippen molar-refractivity contribution >= 4 is 17.5 Å². The first-order chi connectivity index (χ1) is 13.6. The van der Waals surface area contributed by atoms with E-state index in [2.05, 4.69) is 20.8 Å². The molecule has 1 atom stereocenters. The maximum absolute atomic E-state index is 12.5. The van der Waals surface area contributed by atoms with E-state index in [1.54, 1.807) is 12.1 Å². The van der Waals surface area contributed by atoms with E-state index >= 15 is 0 Å². The number of ether oxygens (including phenoxy) is 1. The maximum atomic E-state index is 12.5. The number of imide groups is 1. The number of β-amino-alcohol motifs (C(OH)–C–C–N with tert-alkyl or cyclic N) is 1. The summed E-state index contributed by atoms with van der Waals surface area (Å²) in [5.74, 6) is -0.900. The first-order valence-electron chi connectivity index (χ1n) is 9.14. The van der Waals surface area contributed by atoms with E-state index in [1.165, 1.54) is 18.2 Å². The fraction of sp³-hybridized carbons (Fsp3) is 0.333. The molecule has 0 radical (unpaired) electrons. The van der Waals surface area contributed by atoms with Crippen LogP contribution in [0.1, 0.15) is 47.1 Å². The Balaban J connectivity index is 1.65. The quantitative estimate of drug-likeness (QED) is 0.455. The van der Waals surface area contributed by atoms with Gasteiger partial charge in [-0.05, 0) is 29.2 Å². The van der Waals surface area contributed by atoms with Gasteiger partial charge in [-0.15, -0.1) is 0 Å². The molecule has 0 fully saturated rings. The third kappa shape index (κ3) is 4.12. The lowest BCUT2D eigenvalue weighted by molar-refractivity contribution is -0.385. The van der Waals surface area contributed by atoms with Crippen LogP contribution in [-0.2, 0) is 5.41 Å². The van der Waals surface area contributed by atoms with Gasteiger partial charge in [0.15, 0.2) is 0 Å². The zero-order chi connectivity index (χ0) is 21.3. The monoisotopic (exact) mass is 398 g/mol. The summed E-state index contributed by atoms with van der Waals surface area (Å²) in [6.07, 6.45) is -1.14. The van der Waals surface area contributed by atoms with Crippen LogP contribution in [0, 0.1) is 10.1 Å². The molecule has 29 heavy (non-hydrogen) atoms. The van der Waals surface area contributed by atoms with Gasteiger partial charge in [0, 0.05) is 6.07 Å². The molecule has 2 aromatic carbocycles. The highest BCUT2D eigenvalue weighted by atomic mass is 16.6. The van der Waals surface area contributed by atoms with Gasteiger partial charge in [0.1, 0.15) is 24.0 Å². The molecule has 0 saturated carbocycles. The highest BCUT2D eigenvalue weighted by Gasteiger charge is 2.41. The van der Waals surface area contributed by atoms with Crippen LogP contribution in [0.2, 0.25) is 0 Å². The Morgan fingerprint density at radius 1 is 1.10 bits per heavy atom. The lowest BCUT2D eigenvalue weighted by Crippen LogP contribution is -2.39. The summed E-state index contributed by atoms with van der Waals surface area (Å²) in [5.41, 5.74) is 0.445. The number of nitro groups is 1. The Kier molecular flexibility index (Phi) is 5.39. The Labute approximate surface area is 167 Å². The average Bonchev–Trinajstić information content (AvgIpc) is 2.91. The predicted octanol–water partition coefficient (Wildman–Crippen LogP) is 2.93. The first kappa shape index (κ1) is 20.5. The van der Waals surface area contributed by atoms with Crippen LogP contribution >= 0.6 is 0 Å². The second-order valence-electron chi connectivity index (χ2n) is 7.92. The van der Waals surface area contributed by atoms with Crippen molar-refractivity contribution in [3.63, 3.8) is 0 Å². The molecule has 0 spiro atoms. The number of nitro benzene ring substituents is 1. The third-order valence-corrected chi connectivity index (χ3v) is 4.73. The second-order valence-corrected chi connectivity index (χ2v) is 7.92. The minimum absolute atomic E-state index is 0.00609. The molecule has 2 amide bonds. The standard InChI is InChI=1S/C21H22N2O6/c1-21(2,3)13-7-9-15(10-8-13)29-12-14(24)11-22-19(25)16-5-4-6-17(23(27)28)18(16)20(22)26/h4-10,14,24H,11-12H2,1-3H3/t14-/m1/s1. The van der Waals surface area contributed by atoms with Crippen LogP contribution < -0.4 is 4.74 Å². The molecule has 0 aliphatic carbocycles. The molecular formula is C21H22N2O6. The molecule has 0 aromatic heterocycles. The fourth-order valence-electron chi connectivity index (χ4n) is 3.14. The van der Waals surface area contributed by atoms with E-state index in [1.807, 2.05) is 12.1 Å². The summed E-state index contributed by atoms with van der Waals surface area (Å²) in [6, 6.07) is 11.3. The number of carbonyl (C=O) groups is 2. The summed E-state index contributed by atoms with van der Waals surface area (Å²) in [7, 11) is 0. The van der Waals surface area contributed by atoms with E-state index in [4.69, 9.17) is 4.74 Å². The molecule has 0 saturated heterocycles. The van der Waals surface area contributed by atoms with Crippen molar-refractivity contribution in [1.29, 1.82) is 0 Å². The van der Waals surface area contributed by atoms with Crippen LogP contribution in [0.25, 0.3) is 0 Å². The first-order valence-corrected chi connectivity index (χ1v) is 9.14. The van der Waals surface area contributed by atoms with Gasteiger partial charge in [0.05, 0.1) is 17.0 Å². The minimum atomic E-state index is -1.14. The van der Waals surface area contributed by atoms with Crippen LogP contribution in [0.15, 0.2) is 42.5 Å². The number of rotatable bonds is 6. The number of benzene rings is 2. The van der Waals surface area contributed by atoms with Gasteiger partial charge in [0.2, 0.25) is 0 Å². The van der Waals surface area contributed by atoms with Gasteiger partial charge in [-0.1, -0.05) is 39.0 Å². The van der Waals surface area contributed by atoms with Gasteiger partial charge >= 0.3 is 0 Å². The Morgan fingerprint density at radius 3 is 2.34 bits per heavy atom. The molecular weight excluding hydrogens is 376 g/mol. The SMILES string of the molecule is CC(C)(C)c1ccc(OC[C@H](O)CN2C(=O)c3cccc([N+](=O)[O-])c3C2=O)cc1. The predicted molar refractivity (Wildman–Crippen MR) is 105 cm³/mol. The number of hydrogen-bond acceptors (Lipinski definition) is 6. The van der Waals surface area contributed by atoms with E-state index < -0.39 is 28.5 Å². The zero-order valence-electron chi connectivity index (χ0n) is 16.4. The van der Waals surface area contributed by atoms with Crippen LogP contribution in [0.5, 0.6) is 5.75 Å². The molecule has 8 nitrogen and oxygen atoms in total. The minimum Gasteiger partial charge on any atom is -0.491 e. The number of amides is 2. The molecule has 1 aliphatic rings. The number of aliphatic hydroxyl groups is 1. The summed E-state index contributed by atoms with van der Waals surface area (Å²) in [6.45, 7) is 5.84.